The molecule has 126 valence electrons. The third kappa shape index (κ3) is 4.27. The molecule has 2 aliphatic rings. The first-order chi connectivity index (χ1) is 11.2. The number of hydrogen-bond acceptors (Lipinski definition) is 2. The maximum absolute atomic E-state index is 12.3. The van der Waals surface area contributed by atoms with Gasteiger partial charge in [0, 0.05) is 6.54 Å². The normalized spacial score (nSPS) is 19.7. The van der Waals surface area contributed by atoms with Gasteiger partial charge in [-0.25, -0.2) is 0 Å². The first-order valence-electron chi connectivity index (χ1n) is 9.29. The lowest BCUT2D eigenvalue weighted by atomic mass is 9.89. The Bertz CT molecular complexity index is 534. The maximum Gasteiger partial charge on any atom is 0.260 e. The quantitative estimate of drug-likeness (QED) is 0.891. The van der Waals surface area contributed by atoms with Crippen LogP contribution in [-0.4, -0.2) is 18.6 Å². The molecule has 1 atom stereocenters. The molecule has 0 saturated heterocycles. The number of ether oxygens (including phenoxy) is 1. The van der Waals surface area contributed by atoms with E-state index in [2.05, 4.69) is 11.4 Å². The average molecular weight is 315 g/mol. The topological polar surface area (TPSA) is 38.3 Å². The zero-order chi connectivity index (χ0) is 16.1. The van der Waals surface area contributed by atoms with E-state index in [1.165, 1.54) is 56.1 Å². The molecule has 1 aromatic rings. The lowest BCUT2D eigenvalue weighted by Gasteiger charge is -2.24. The highest BCUT2D eigenvalue weighted by atomic mass is 16.5. The minimum Gasteiger partial charge on any atom is -0.481 e. The van der Waals surface area contributed by atoms with Crippen molar-refractivity contribution in [1.29, 1.82) is 0 Å². The third-order valence-electron chi connectivity index (χ3n) is 5.32. The van der Waals surface area contributed by atoms with Crippen LogP contribution in [0.5, 0.6) is 5.75 Å². The molecular weight excluding hydrogens is 286 g/mol. The summed E-state index contributed by atoms with van der Waals surface area (Å²) in [6.45, 7) is 2.66. The van der Waals surface area contributed by atoms with Crippen molar-refractivity contribution < 1.29 is 9.53 Å². The Morgan fingerprint density at radius 1 is 1.17 bits per heavy atom. The molecule has 0 heterocycles. The van der Waals surface area contributed by atoms with Crippen molar-refractivity contribution >= 4 is 5.91 Å². The number of carbonyl (C=O) groups is 1. The van der Waals surface area contributed by atoms with Crippen LogP contribution < -0.4 is 10.1 Å². The molecule has 0 unspecified atom stereocenters. The minimum absolute atomic E-state index is 0.0176. The van der Waals surface area contributed by atoms with Crippen molar-refractivity contribution in [1.82, 2.24) is 5.32 Å². The monoisotopic (exact) mass is 315 g/mol. The summed E-state index contributed by atoms with van der Waals surface area (Å²) >= 11 is 0. The molecule has 0 radical (unpaired) electrons. The number of aryl methyl sites for hydroxylation is 1. The average Bonchev–Trinajstić information content (AvgIpc) is 2.61. The number of fused-ring (bicyclic) bond motifs is 1. The Morgan fingerprint density at radius 3 is 2.78 bits per heavy atom. The highest BCUT2D eigenvalue weighted by Gasteiger charge is 2.20. The summed E-state index contributed by atoms with van der Waals surface area (Å²) in [5.74, 6) is 1.58. The number of carbonyl (C=O) groups excluding carboxylic acids is 1. The second-order valence-electron chi connectivity index (χ2n) is 7.11. The second kappa shape index (κ2) is 7.85. The largest absolute Gasteiger partial charge is 0.481 e. The molecule has 1 saturated carbocycles. The Kier molecular flexibility index (Phi) is 5.58. The lowest BCUT2D eigenvalue weighted by molar-refractivity contribution is -0.127. The highest BCUT2D eigenvalue weighted by Crippen LogP contribution is 2.30. The van der Waals surface area contributed by atoms with E-state index in [-0.39, 0.29) is 5.91 Å². The van der Waals surface area contributed by atoms with Gasteiger partial charge in [-0.15, -0.1) is 0 Å². The van der Waals surface area contributed by atoms with Gasteiger partial charge >= 0.3 is 0 Å². The fraction of sp³-hybridized carbons (Fsp3) is 0.650. The Hall–Kier alpha value is -1.51. The van der Waals surface area contributed by atoms with Gasteiger partial charge in [-0.3, -0.25) is 4.79 Å². The van der Waals surface area contributed by atoms with Gasteiger partial charge in [0.15, 0.2) is 6.10 Å². The SMILES string of the molecule is C[C@H](Oc1cccc2c1CCCC2)C(=O)NCC1CCCCC1. The number of benzene rings is 1. The number of hydrogen-bond donors (Lipinski definition) is 1. The molecule has 3 rings (SSSR count). The molecule has 1 fully saturated rings. The van der Waals surface area contributed by atoms with Crippen LogP contribution in [0.2, 0.25) is 0 Å². The molecule has 0 aliphatic heterocycles. The molecule has 1 N–H and O–H groups in total. The van der Waals surface area contributed by atoms with E-state index in [0.717, 1.165) is 25.1 Å². The third-order valence-corrected chi connectivity index (χ3v) is 5.32. The van der Waals surface area contributed by atoms with Crippen LogP contribution in [-0.2, 0) is 17.6 Å². The second-order valence-corrected chi connectivity index (χ2v) is 7.11. The Morgan fingerprint density at radius 2 is 1.96 bits per heavy atom. The van der Waals surface area contributed by atoms with E-state index in [0.29, 0.717) is 5.92 Å². The van der Waals surface area contributed by atoms with Gasteiger partial charge in [-0.05, 0) is 68.6 Å². The van der Waals surface area contributed by atoms with Crippen LogP contribution >= 0.6 is 0 Å². The van der Waals surface area contributed by atoms with Crippen LogP contribution in [0.1, 0.15) is 63.0 Å². The number of amides is 1. The fourth-order valence-corrected chi connectivity index (χ4v) is 3.88. The fourth-order valence-electron chi connectivity index (χ4n) is 3.88. The lowest BCUT2D eigenvalue weighted by Crippen LogP contribution is -2.39. The first-order valence-corrected chi connectivity index (χ1v) is 9.29. The van der Waals surface area contributed by atoms with Gasteiger partial charge in [-0.1, -0.05) is 31.4 Å². The van der Waals surface area contributed by atoms with Crippen LogP contribution in [0.3, 0.4) is 0 Å². The minimum atomic E-state index is -0.424. The van der Waals surface area contributed by atoms with E-state index in [9.17, 15) is 4.79 Å². The molecule has 23 heavy (non-hydrogen) atoms. The summed E-state index contributed by atoms with van der Waals surface area (Å²) < 4.78 is 6.00. The molecule has 3 nitrogen and oxygen atoms in total. The zero-order valence-corrected chi connectivity index (χ0v) is 14.3. The van der Waals surface area contributed by atoms with Crippen molar-refractivity contribution in [3.8, 4) is 5.75 Å². The number of rotatable bonds is 5. The van der Waals surface area contributed by atoms with Gasteiger partial charge < -0.3 is 10.1 Å². The summed E-state index contributed by atoms with van der Waals surface area (Å²) in [5, 5.41) is 3.09. The van der Waals surface area contributed by atoms with E-state index in [1.54, 1.807) is 0 Å². The molecule has 2 aliphatic carbocycles. The van der Waals surface area contributed by atoms with Crippen molar-refractivity contribution in [2.24, 2.45) is 5.92 Å². The van der Waals surface area contributed by atoms with Gasteiger partial charge in [0.1, 0.15) is 5.75 Å². The molecule has 1 amide bonds. The molecule has 0 spiro atoms. The molecule has 0 bridgehead atoms. The molecular formula is C20H29NO2. The van der Waals surface area contributed by atoms with Crippen molar-refractivity contribution in [3.05, 3.63) is 29.3 Å². The van der Waals surface area contributed by atoms with E-state index in [4.69, 9.17) is 4.74 Å². The van der Waals surface area contributed by atoms with E-state index >= 15 is 0 Å². The van der Waals surface area contributed by atoms with Gasteiger partial charge in [0.25, 0.3) is 5.91 Å². The zero-order valence-electron chi connectivity index (χ0n) is 14.3. The highest BCUT2D eigenvalue weighted by molar-refractivity contribution is 5.80. The van der Waals surface area contributed by atoms with Crippen molar-refractivity contribution in [2.75, 3.05) is 6.54 Å². The standard InChI is InChI=1S/C20H29NO2/c1-15(20(22)21-14-16-8-3-2-4-9-16)23-19-13-7-11-17-10-5-6-12-18(17)19/h7,11,13,15-16H,2-6,8-10,12,14H2,1H3,(H,21,22)/t15-/m0/s1. The smallest absolute Gasteiger partial charge is 0.260 e. The van der Waals surface area contributed by atoms with Crippen LogP contribution in [0, 0.1) is 5.92 Å². The van der Waals surface area contributed by atoms with Crippen LogP contribution in [0.25, 0.3) is 0 Å². The summed E-state index contributed by atoms with van der Waals surface area (Å²) in [5.41, 5.74) is 2.70. The predicted molar refractivity (Wildman–Crippen MR) is 92.8 cm³/mol. The Labute approximate surface area is 139 Å². The summed E-state index contributed by atoms with van der Waals surface area (Å²) in [4.78, 5) is 12.3. The van der Waals surface area contributed by atoms with Crippen LogP contribution in [0.4, 0.5) is 0 Å². The van der Waals surface area contributed by atoms with Gasteiger partial charge in [0.05, 0.1) is 0 Å². The van der Waals surface area contributed by atoms with E-state index < -0.39 is 6.10 Å². The molecule has 0 aromatic heterocycles. The predicted octanol–water partition coefficient (Wildman–Crippen LogP) is 4.03. The van der Waals surface area contributed by atoms with Crippen LogP contribution in [0.15, 0.2) is 18.2 Å². The van der Waals surface area contributed by atoms with Gasteiger partial charge in [-0.2, -0.15) is 0 Å². The first kappa shape index (κ1) is 16.4. The Balaban J connectivity index is 1.54. The molecule has 3 heteroatoms. The van der Waals surface area contributed by atoms with Crippen molar-refractivity contribution in [2.45, 2.75) is 70.8 Å². The number of nitrogens with one attached hydrogen (secondary N) is 1. The van der Waals surface area contributed by atoms with E-state index in [1.807, 2.05) is 19.1 Å². The van der Waals surface area contributed by atoms with Gasteiger partial charge in [0.2, 0.25) is 0 Å². The molecule has 1 aromatic carbocycles. The maximum atomic E-state index is 12.3. The summed E-state index contributed by atoms with van der Waals surface area (Å²) in [7, 11) is 0. The summed E-state index contributed by atoms with van der Waals surface area (Å²) in [6, 6.07) is 6.25. The van der Waals surface area contributed by atoms with Crippen molar-refractivity contribution in [3.63, 3.8) is 0 Å². The summed E-state index contributed by atoms with van der Waals surface area (Å²) in [6.07, 6.45) is 10.7.